The van der Waals surface area contributed by atoms with Crippen molar-refractivity contribution >= 4 is 5.82 Å². The average molecular weight is 181 g/mol. The van der Waals surface area contributed by atoms with Crippen LogP contribution in [0.25, 0.3) is 0 Å². The van der Waals surface area contributed by atoms with Crippen LogP contribution in [0.5, 0.6) is 5.75 Å². The van der Waals surface area contributed by atoms with E-state index in [9.17, 15) is 0 Å². The molecule has 0 saturated carbocycles. The Morgan fingerprint density at radius 2 is 2.46 bits per heavy atom. The summed E-state index contributed by atoms with van der Waals surface area (Å²) in [6.07, 6.45) is 1.72. The first-order valence-corrected chi connectivity index (χ1v) is 4.23. The molecule has 0 aliphatic rings. The second kappa shape index (κ2) is 4.67. The normalized spacial score (nSPS) is 12.2. The summed E-state index contributed by atoms with van der Waals surface area (Å²) in [5.74, 6) is 1.48. The molecule has 0 bridgehead atoms. The lowest BCUT2D eigenvalue weighted by atomic mass is 10.3. The van der Waals surface area contributed by atoms with Crippen molar-refractivity contribution in [3.63, 3.8) is 0 Å². The van der Waals surface area contributed by atoms with Crippen molar-refractivity contribution in [1.29, 1.82) is 0 Å². The predicted octanol–water partition coefficient (Wildman–Crippen LogP) is 0.849. The van der Waals surface area contributed by atoms with Crippen LogP contribution in [0.4, 0.5) is 5.82 Å². The number of methoxy groups -OCH3 is 1. The highest BCUT2D eigenvalue weighted by molar-refractivity contribution is 5.49. The molecular formula is C9H15N3O. The summed E-state index contributed by atoms with van der Waals surface area (Å²) >= 11 is 0. The Morgan fingerprint density at radius 3 is 3.08 bits per heavy atom. The van der Waals surface area contributed by atoms with Gasteiger partial charge >= 0.3 is 0 Å². The summed E-state index contributed by atoms with van der Waals surface area (Å²) in [6.45, 7) is 2.56. The van der Waals surface area contributed by atoms with Crippen molar-refractivity contribution in [2.45, 2.75) is 13.0 Å². The van der Waals surface area contributed by atoms with E-state index < -0.39 is 0 Å². The number of nitrogens with two attached hydrogens (primary N) is 1. The van der Waals surface area contributed by atoms with Gasteiger partial charge in [0.15, 0.2) is 11.6 Å². The van der Waals surface area contributed by atoms with Gasteiger partial charge in [0.05, 0.1) is 7.11 Å². The number of nitrogens with zero attached hydrogens (tertiary/aromatic N) is 1. The molecule has 4 heteroatoms. The minimum atomic E-state index is 0.198. The van der Waals surface area contributed by atoms with E-state index in [0.29, 0.717) is 6.54 Å². The van der Waals surface area contributed by atoms with Gasteiger partial charge in [0, 0.05) is 18.8 Å². The first kappa shape index (κ1) is 9.80. The molecule has 1 rings (SSSR count). The minimum Gasteiger partial charge on any atom is -0.493 e. The predicted molar refractivity (Wildman–Crippen MR) is 52.9 cm³/mol. The number of pyridine rings is 1. The number of hydrogen-bond acceptors (Lipinski definition) is 4. The molecule has 1 unspecified atom stereocenters. The third-order valence-electron chi connectivity index (χ3n) is 1.73. The second-order valence-corrected chi connectivity index (χ2v) is 2.84. The molecule has 3 N–H and O–H groups in total. The molecule has 1 atom stereocenters. The van der Waals surface area contributed by atoms with E-state index in [4.69, 9.17) is 10.5 Å². The molecular weight excluding hydrogens is 166 g/mol. The Hall–Kier alpha value is -1.29. The number of ether oxygens (including phenoxy) is 1. The largest absolute Gasteiger partial charge is 0.493 e. The lowest BCUT2D eigenvalue weighted by Gasteiger charge is -2.14. The highest BCUT2D eigenvalue weighted by Crippen LogP contribution is 2.20. The van der Waals surface area contributed by atoms with Crippen molar-refractivity contribution in [1.82, 2.24) is 4.98 Å². The van der Waals surface area contributed by atoms with Gasteiger partial charge in [-0.2, -0.15) is 0 Å². The van der Waals surface area contributed by atoms with Gasteiger partial charge in [0.25, 0.3) is 0 Å². The van der Waals surface area contributed by atoms with Crippen LogP contribution in [0.2, 0.25) is 0 Å². The van der Waals surface area contributed by atoms with E-state index >= 15 is 0 Å². The van der Waals surface area contributed by atoms with Crippen molar-refractivity contribution in [2.24, 2.45) is 5.73 Å². The van der Waals surface area contributed by atoms with Gasteiger partial charge in [-0.15, -0.1) is 0 Å². The first-order chi connectivity index (χ1) is 6.27. The smallest absolute Gasteiger partial charge is 0.168 e. The first-order valence-electron chi connectivity index (χ1n) is 4.23. The Bertz CT molecular complexity index is 265. The van der Waals surface area contributed by atoms with E-state index in [1.165, 1.54) is 0 Å². The van der Waals surface area contributed by atoms with Crippen molar-refractivity contribution < 1.29 is 4.74 Å². The fourth-order valence-electron chi connectivity index (χ4n) is 0.956. The summed E-state index contributed by atoms with van der Waals surface area (Å²) in [5, 5.41) is 3.15. The van der Waals surface area contributed by atoms with Gasteiger partial charge in [-0.3, -0.25) is 0 Å². The van der Waals surface area contributed by atoms with E-state index in [-0.39, 0.29) is 6.04 Å². The molecule has 0 fully saturated rings. The van der Waals surface area contributed by atoms with Crippen molar-refractivity contribution in [3.05, 3.63) is 18.3 Å². The lowest BCUT2D eigenvalue weighted by Crippen LogP contribution is -2.25. The minimum absolute atomic E-state index is 0.198. The Kier molecular flexibility index (Phi) is 3.52. The van der Waals surface area contributed by atoms with Gasteiger partial charge < -0.3 is 15.8 Å². The Labute approximate surface area is 78.1 Å². The molecule has 1 aromatic rings. The van der Waals surface area contributed by atoms with E-state index in [0.717, 1.165) is 11.6 Å². The van der Waals surface area contributed by atoms with Crippen LogP contribution in [0, 0.1) is 0 Å². The van der Waals surface area contributed by atoms with Crippen molar-refractivity contribution in [3.8, 4) is 5.75 Å². The Morgan fingerprint density at radius 1 is 1.69 bits per heavy atom. The molecule has 0 aromatic carbocycles. The quantitative estimate of drug-likeness (QED) is 0.723. The van der Waals surface area contributed by atoms with Crippen molar-refractivity contribution in [2.75, 3.05) is 19.0 Å². The van der Waals surface area contributed by atoms with Gasteiger partial charge in [0.1, 0.15) is 0 Å². The van der Waals surface area contributed by atoms with E-state index in [1.807, 2.05) is 19.1 Å². The Balaban J connectivity index is 2.74. The number of anilines is 1. The molecule has 4 nitrogen and oxygen atoms in total. The number of hydrogen-bond donors (Lipinski definition) is 2. The summed E-state index contributed by atoms with van der Waals surface area (Å²) < 4.78 is 5.12. The van der Waals surface area contributed by atoms with Crippen LogP contribution in [0.1, 0.15) is 6.92 Å². The molecule has 0 radical (unpaired) electrons. The average Bonchev–Trinajstić information content (AvgIpc) is 2.18. The molecule has 0 saturated heterocycles. The standard InChI is InChI=1S/C9H15N3O/c1-7(6-10)12-9-8(13-2)4-3-5-11-9/h3-5,7H,6,10H2,1-2H3,(H,11,12). The summed E-state index contributed by atoms with van der Waals surface area (Å²) in [6, 6.07) is 3.89. The van der Waals surface area contributed by atoms with Crippen LogP contribution >= 0.6 is 0 Å². The topological polar surface area (TPSA) is 60.2 Å². The summed E-state index contributed by atoms with van der Waals surface area (Å²) in [4.78, 5) is 4.15. The zero-order valence-electron chi connectivity index (χ0n) is 7.95. The number of nitrogens with one attached hydrogen (secondary N) is 1. The highest BCUT2D eigenvalue weighted by Gasteiger charge is 2.05. The zero-order chi connectivity index (χ0) is 9.68. The molecule has 0 spiro atoms. The molecule has 72 valence electrons. The monoisotopic (exact) mass is 181 g/mol. The summed E-state index contributed by atoms with van der Waals surface area (Å²) in [5.41, 5.74) is 5.48. The fraction of sp³-hybridized carbons (Fsp3) is 0.444. The third kappa shape index (κ3) is 2.59. The highest BCUT2D eigenvalue weighted by atomic mass is 16.5. The van der Waals surface area contributed by atoms with Gasteiger partial charge in [-0.05, 0) is 19.1 Å². The summed E-state index contributed by atoms with van der Waals surface area (Å²) in [7, 11) is 1.62. The zero-order valence-corrected chi connectivity index (χ0v) is 7.95. The maximum Gasteiger partial charge on any atom is 0.168 e. The maximum absolute atomic E-state index is 5.48. The second-order valence-electron chi connectivity index (χ2n) is 2.84. The molecule has 0 aliphatic carbocycles. The molecule has 1 aromatic heterocycles. The molecule has 0 aliphatic heterocycles. The van der Waals surface area contributed by atoms with E-state index in [2.05, 4.69) is 10.3 Å². The number of rotatable bonds is 4. The van der Waals surface area contributed by atoms with Crippen LogP contribution < -0.4 is 15.8 Å². The van der Waals surface area contributed by atoms with Gasteiger partial charge in [0.2, 0.25) is 0 Å². The molecule has 1 heterocycles. The van der Waals surface area contributed by atoms with Crippen LogP contribution in [0.3, 0.4) is 0 Å². The van der Waals surface area contributed by atoms with Gasteiger partial charge in [-0.1, -0.05) is 0 Å². The fourth-order valence-corrected chi connectivity index (χ4v) is 0.956. The van der Waals surface area contributed by atoms with Crippen LogP contribution in [-0.4, -0.2) is 24.7 Å². The van der Waals surface area contributed by atoms with Crippen LogP contribution in [-0.2, 0) is 0 Å². The number of aromatic nitrogens is 1. The van der Waals surface area contributed by atoms with E-state index in [1.54, 1.807) is 13.3 Å². The maximum atomic E-state index is 5.48. The lowest BCUT2D eigenvalue weighted by molar-refractivity contribution is 0.414. The SMILES string of the molecule is COc1cccnc1NC(C)CN. The van der Waals surface area contributed by atoms with Crippen LogP contribution in [0.15, 0.2) is 18.3 Å². The third-order valence-corrected chi connectivity index (χ3v) is 1.73. The molecule has 13 heavy (non-hydrogen) atoms. The molecule has 0 amide bonds. The van der Waals surface area contributed by atoms with Gasteiger partial charge in [-0.25, -0.2) is 4.98 Å².